The molecule has 7 heteroatoms. The van der Waals surface area contributed by atoms with Gasteiger partial charge in [0, 0.05) is 6.08 Å². The molecule has 0 aliphatic carbocycles. The second-order valence-corrected chi connectivity index (χ2v) is 7.98. The van der Waals surface area contributed by atoms with Crippen LogP contribution in [-0.4, -0.2) is 23.5 Å². The average molecular weight is 482 g/mol. The first-order chi connectivity index (χ1) is 17.1. The van der Waals surface area contributed by atoms with Gasteiger partial charge in [-0.2, -0.15) is 0 Å². The molecule has 0 aromatic heterocycles. The fourth-order valence-corrected chi connectivity index (χ4v) is 3.58. The van der Waals surface area contributed by atoms with Crippen molar-refractivity contribution in [1.82, 2.24) is 16.2 Å². The van der Waals surface area contributed by atoms with Gasteiger partial charge in [-0.15, -0.1) is 0 Å². The molecular formula is C28H23N3O3S. The van der Waals surface area contributed by atoms with Crippen molar-refractivity contribution >= 4 is 46.0 Å². The summed E-state index contributed by atoms with van der Waals surface area (Å²) in [5.74, 6) is -0.297. The molecule has 0 unspecified atom stereocenters. The lowest BCUT2D eigenvalue weighted by molar-refractivity contribution is -0.123. The van der Waals surface area contributed by atoms with Crippen LogP contribution in [-0.2, 0) is 9.59 Å². The molecule has 4 aromatic rings. The number of amides is 2. The van der Waals surface area contributed by atoms with E-state index in [0.29, 0.717) is 5.75 Å². The molecule has 35 heavy (non-hydrogen) atoms. The zero-order chi connectivity index (χ0) is 24.5. The monoisotopic (exact) mass is 481 g/mol. The predicted molar refractivity (Wildman–Crippen MR) is 142 cm³/mol. The Labute approximate surface area is 208 Å². The molecule has 2 amide bonds. The van der Waals surface area contributed by atoms with Crippen LogP contribution in [0.3, 0.4) is 0 Å². The number of hydrogen-bond acceptors (Lipinski definition) is 4. The number of fused-ring (bicyclic) bond motifs is 1. The van der Waals surface area contributed by atoms with E-state index in [0.717, 1.165) is 27.5 Å². The van der Waals surface area contributed by atoms with E-state index in [1.54, 1.807) is 18.2 Å². The fourth-order valence-electron chi connectivity index (χ4n) is 3.43. The van der Waals surface area contributed by atoms with Crippen molar-refractivity contribution in [2.75, 3.05) is 6.61 Å². The topological polar surface area (TPSA) is 79.5 Å². The summed E-state index contributed by atoms with van der Waals surface area (Å²) in [4.78, 5) is 24.2. The average Bonchev–Trinajstić information content (AvgIpc) is 2.90. The van der Waals surface area contributed by atoms with Gasteiger partial charge in [0.2, 0.25) is 5.91 Å². The zero-order valence-corrected chi connectivity index (χ0v) is 19.5. The van der Waals surface area contributed by atoms with Gasteiger partial charge in [-0.25, -0.2) is 0 Å². The number of nitrogens with one attached hydrogen (secondary N) is 3. The van der Waals surface area contributed by atoms with Crippen molar-refractivity contribution in [2.24, 2.45) is 0 Å². The van der Waals surface area contributed by atoms with Crippen LogP contribution in [0.4, 0.5) is 0 Å². The van der Waals surface area contributed by atoms with Crippen molar-refractivity contribution < 1.29 is 14.3 Å². The Kier molecular flexibility index (Phi) is 7.83. The Balaban J connectivity index is 1.20. The van der Waals surface area contributed by atoms with E-state index in [1.807, 2.05) is 84.9 Å². The molecule has 0 spiro atoms. The zero-order valence-electron chi connectivity index (χ0n) is 18.7. The highest BCUT2D eigenvalue weighted by Crippen LogP contribution is 2.22. The SMILES string of the molecule is O=C(C=Cc1cccc2ccccc12)NC(=S)NNC(=O)COc1ccc(-c2ccccc2)cc1. The minimum absolute atomic E-state index is 0.0295. The highest BCUT2D eigenvalue weighted by Gasteiger charge is 2.06. The standard InChI is InChI=1S/C28H23N3O3S/c32-26(18-15-23-11-6-10-22-9-4-5-12-25(22)23)29-28(35)31-30-27(33)19-34-24-16-13-21(14-17-24)20-7-2-1-3-8-20/h1-18H,19H2,(H,30,33)(H2,29,31,32,35). The molecule has 174 valence electrons. The van der Waals surface area contributed by atoms with Crippen LogP contribution >= 0.6 is 12.2 Å². The minimum atomic E-state index is -0.444. The van der Waals surface area contributed by atoms with Crippen molar-refractivity contribution in [2.45, 2.75) is 0 Å². The molecule has 0 aliphatic heterocycles. The first kappa shape index (κ1) is 23.7. The van der Waals surface area contributed by atoms with E-state index >= 15 is 0 Å². The maximum absolute atomic E-state index is 12.2. The van der Waals surface area contributed by atoms with Crippen molar-refractivity contribution in [1.29, 1.82) is 0 Å². The molecule has 0 bridgehead atoms. The highest BCUT2D eigenvalue weighted by molar-refractivity contribution is 7.80. The fraction of sp³-hybridized carbons (Fsp3) is 0.0357. The smallest absolute Gasteiger partial charge is 0.276 e. The van der Waals surface area contributed by atoms with Gasteiger partial charge >= 0.3 is 0 Å². The molecule has 6 nitrogen and oxygen atoms in total. The van der Waals surface area contributed by atoms with Crippen LogP contribution < -0.4 is 20.9 Å². The van der Waals surface area contributed by atoms with Gasteiger partial charge in [0.1, 0.15) is 5.75 Å². The number of hydrazine groups is 1. The molecule has 4 aromatic carbocycles. The van der Waals surface area contributed by atoms with E-state index in [2.05, 4.69) is 16.2 Å². The van der Waals surface area contributed by atoms with E-state index in [-0.39, 0.29) is 11.7 Å². The second-order valence-electron chi connectivity index (χ2n) is 7.57. The molecule has 3 N–H and O–H groups in total. The van der Waals surface area contributed by atoms with E-state index < -0.39 is 11.8 Å². The molecule has 0 radical (unpaired) electrons. The molecule has 0 heterocycles. The van der Waals surface area contributed by atoms with Crippen LogP contribution in [0.5, 0.6) is 5.75 Å². The number of ether oxygens (including phenoxy) is 1. The number of carbonyl (C=O) groups excluding carboxylic acids is 2. The lowest BCUT2D eigenvalue weighted by Crippen LogP contribution is -2.49. The Morgan fingerprint density at radius 3 is 2.26 bits per heavy atom. The lowest BCUT2D eigenvalue weighted by Gasteiger charge is -2.11. The molecular weight excluding hydrogens is 458 g/mol. The molecule has 0 atom stereocenters. The van der Waals surface area contributed by atoms with Crippen molar-refractivity contribution in [3.63, 3.8) is 0 Å². The summed E-state index contributed by atoms with van der Waals surface area (Å²) in [6.07, 6.45) is 3.11. The van der Waals surface area contributed by atoms with Crippen molar-refractivity contribution in [3.05, 3.63) is 109 Å². The summed E-state index contributed by atoms with van der Waals surface area (Å²) in [5, 5.41) is 4.59. The summed E-state index contributed by atoms with van der Waals surface area (Å²) in [6.45, 7) is -0.213. The minimum Gasteiger partial charge on any atom is -0.484 e. The lowest BCUT2D eigenvalue weighted by atomic mass is 10.0. The summed E-state index contributed by atoms with van der Waals surface area (Å²) in [7, 11) is 0. The number of rotatable bonds is 6. The number of carbonyl (C=O) groups is 2. The van der Waals surface area contributed by atoms with E-state index in [9.17, 15) is 9.59 Å². The van der Waals surface area contributed by atoms with Crippen molar-refractivity contribution in [3.8, 4) is 16.9 Å². The maximum Gasteiger partial charge on any atom is 0.276 e. The first-order valence-corrected chi connectivity index (χ1v) is 11.3. The third-order valence-corrected chi connectivity index (χ3v) is 5.33. The van der Waals surface area contributed by atoms with Gasteiger partial charge in [0.15, 0.2) is 11.7 Å². The second kappa shape index (κ2) is 11.6. The highest BCUT2D eigenvalue weighted by atomic mass is 32.1. The van der Waals surface area contributed by atoms with Crippen LogP contribution in [0.2, 0.25) is 0 Å². The van der Waals surface area contributed by atoms with Crippen LogP contribution in [0, 0.1) is 0 Å². The molecule has 0 aliphatic rings. The largest absolute Gasteiger partial charge is 0.484 e. The van der Waals surface area contributed by atoms with Crippen LogP contribution in [0.25, 0.3) is 28.0 Å². The third kappa shape index (κ3) is 6.75. The van der Waals surface area contributed by atoms with Gasteiger partial charge in [0.05, 0.1) is 0 Å². The van der Waals surface area contributed by atoms with Crippen LogP contribution in [0.1, 0.15) is 5.56 Å². The molecule has 0 fully saturated rings. The van der Waals surface area contributed by atoms with Gasteiger partial charge in [0.25, 0.3) is 5.91 Å². The van der Waals surface area contributed by atoms with Gasteiger partial charge in [-0.05, 0) is 57.9 Å². The Morgan fingerprint density at radius 1 is 0.771 bits per heavy atom. The summed E-state index contributed by atoms with van der Waals surface area (Å²) in [6, 6.07) is 31.2. The predicted octanol–water partition coefficient (Wildman–Crippen LogP) is 4.62. The summed E-state index contributed by atoms with van der Waals surface area (Å²) < 4.78 is 5.50. The third-order valence-electron chi connectivity index (χ3n) is 5.12. The van der Waals surface area contributed by atoms with Gasteiger partial charge in [-0.1, -0.05) is 84.9 Å². The van der Waals surface area contributed by atoms with E-state index in [4.69, 9.17) is 17.0 Å². The molecule has 0 saturated carbocycles. The number of benzene rings is 4. The van der Waals surface area contributed by atoms with Crippen LogP contribution in [0.15, 0.2) is 103 Å². The maximum atomic E-state index is 12.2. The normalized spacial score (nSPS) is 10.6. The van der Waals surface area contributed by atoms with E-state index in [1.165, 1.54) is 6.08 Å². The Hall–Kier alpha value is -4.49. The van der Waals surface area contributed by atoms with Gasteiger partial charge < -0.3 is 4.74 Å². The summed E-state index contributed by atoms with van der Waals surface area (Å²) in [5.41, 5.74) is 7.97. The Bertz CT molecular complexity index is 1360. The van der Waals surface area contributed by atoms with Gasteiger partial charge in [-0.3, -0.25) is 25.8 Å². The summed E-state index contributed by atoms with van der Waals surface area (Å²) >= 11 is 5.06. The molecule has 0 saturated heterocycles. The quantitative estimate of drug-likeness (QED) is 0.213. The number of thiocarbonyl (C=S) groups is 1. The first-order valence-electron chi connectivity index (χ1n) is 10.9. The Morgan fingerprint density at radius 2 is 1.46 bits per heavy atom. The number of hydrogen-bond donors (Lipinski definition) is 3. The molecule has 4 rings (SSSR count).